The molecule has 2 atom stereocenters. The van der Waals surface area contributed by atoms with Gasteiger partial charge in [-0.2, -0.15) is 0 Å². The summed E-state index contributed by atoms with van der Waals surface area (Å²) in [6, 6.07) is 17.7. The standard InChI is InChI=1S/C25H35N3O4S/c1-5-20(2)26-25(30)21(3)27(19-22-13-8-6-9-14-22)24(29)17-12-18-28(33(4,31)32)23-15-10-7-11-16-23/h6-11,13-16,20-21H,5,12,17-19H2,1-4H3,(H,26,30). The van der Waals surface area contributed by atoms with Crippen LogP contribution in [0.25, 0.3) is 0 Å². The third-order valence-corrected chi connectivity index (χ3v) is 6.75. The first-order valence-electron chi connectivity index (χ1n) is 11.3. The lowest BCUT2D eigenvalue weighted by Crippen LogP contribution is -2.49. The van der Waals surface area contributed by atoms with Crippen LogP contribution < -0.4 is 9.62 Å². The molecule has 33 heavy (non-hydrogen) atoms. The van der Waals surface area contributed by atoms with Crippen LogP contribution in [0.3, 0.4) is 0 Å². The molecule has 0 aliphatic carbocycles. The molecule has 2 rings (SSSR count). The number of carbonyl (C=O) groups excluding carboxylic acids is 2. The summed E-state index contributed by atoms with van der Waals surface area (Å²) in [5.74, 6) is -0.386. The molecular weight excluding hydrogens is 438 g/mol. The van der Waals surface area contributed by atoms with E-state index in [1.807, 2.05) is 50.2 Å². The Balaban J connectivity index is 2.12. The van der Waals surface area contributed by atoms with Gasteiger partial charge in [0.25, 0.3) is 0 Å². The van der Waals surface area contributed by atoms with Gasteiger partial charge in [0, 0.05) is 25.6 Å². The summed E-state index contributed by atoms with van der Waals surface area (Å²) in [7, 11) is -3.49. The second-order valence-corrected chi connectivity index (χ2v) is 10.2. The fourth-order valence-electron chi connectivity index (χ4n) is 3.43. The van der Waals surface area contributed by atoms with E-state index >= 15 is 0 Å². The number of nitrogens with zero attached hydrogens (tertiary/aromatic N) is 2. The van der Waals surface area contributed by atoms with Crippen molar-refractivity contribution < 1.29 is 18.0 Å². The Kier molecular flexibility index (Phi) is 9.91. The number of hydrogen-bond donors (Lipinski definition) is 1. The van der Waals surface area contributed by atoms with Crippen LogP contribution in [0.2, 0.25) is 0 Å². The Hall–Kier alpha value is -2.87. The Morgan fingerprint density at radius 3 is 2.09 bits per heavy atom. The van der Waals surface area contributed by atoms with Gasteiger partial charge >= 0.3 is 0 Å². The molecule has 0 saturated heterocycles. The van der Waals surface area contributed by atoms with Gasteiger partial charge < -0.3 is 10.2 Å². The molecule has 0 aromatic heterocycles. The lowest BCUT2D eigenvalue weighted by atomic mass is 10.1. The van der Waals surface area contributed by atoms with Crippen molar-refractivity contribution in [1.82, 2.24) is 10.2 Å². The van der Waals surface area contributed by atoms with Gasteiger partial charge in [0.05, 0.1) is 11.9 Å². The summed E-state index contributed by atoms with van der Waals surface area (Å²) >= 11 is 0. The molecule has 180 valence electrons. The van der Waals surface area contributed by atoms with Crippen LogP contribution in [0.1, 0.15) is 45.6 Å². The minimum Gasteiger partial charge on any atom is -0.352 e. The third kappa shape index (κ3) is 8.20. The molecule has 0 heterocycles. The molecule has 2 unspecified atom stereocenters. The Morgan fingerprint density at radius 2 is 1.55 bits per heavy atom. The van der Waals surface area contributed by atoms with Gasteiger partial charge in [-0.15, -0.1) is 0 Å². The Labute approximate surface area is 197 Å². The first-order chi connectivity index (χ1) is 15.6. The van der Waals surface area contributed by atoms with Crippen LogP contribution in [0, 0.1) is 0 Å². The van der Waals surface area contributed by atoms with Crippen LogP contribution >= 0.6 is 0 Å². The van der Waals surface area contributed by atoms with E-state index in [-0.39, 0.29) is 30.8 Å². The maximum absolute atomic E-state index is 13.2. The number of rotatable bonds is 12. The molecule has 0 saturated carbocycles. The first-order valence-corrected chi connectivity index (χ1v) is 13.1. The van der Waals surface area contributed by atoms with Crippen molar-refractivity contribution in [2.24, 2.45) is 0 Å². The Morgan fingerprint density at radius 1 is 0.970 bits per heavy atom. The van der Waals surface area contributed by atoms with E-state index in [1.54, 1.807) is 36.1 Å². The topological polar surface area (TPSA) is 86.8 Å². The second-order valence-electron chi connectivity index (χ2n) is 8.28. The molecule has 0 aliphatic heterocycles. The van der Waals surface area contributed by atoms with Crippen LogP contribution in [0.5, 0.6) is 0 Å². The zero-order valence-corrected chi connectivity index (χ0v) is 20.7. The molecule has 2 aromatic carbocycles. The SMILES string of the molecule is CCC(C)NC(=O)C(C)N(Cc1ccccc1)C(=O)CCCN(c1ccccc1)S(C)(=O)=O. The summed E-state index contributed by atoms with van der Waals surface area (Å²) < 4.78 is 25.9. The van der Waals surface area contributed by atoms with E-state index in [9.17, 15) is 18.0 Å². The van der Waals surface area contributed by atoms with Gasteiger partial charge in [-0.1, -0.05) is 55.5 Å². The van der Waals surface area contributed by atoms with E-state index in [0.717, 1.165) is 18.2 Å². The van der Waals surface area contributed by atoms with Crippen molar-refractivity contribution in [2.45, 2.75) is 58.7 Å². The maximum Gasteiger partial charge on any atom is 0.242 e. The summed E-state index contributed by atoms with van der Waals surface area (Å²) in [6.07, 6.45) is 2.43. The van der Waals surface area contributed by atoms with Gasteiger partial charge in [-0.25, -0.2) is 8.42 Å². The zero-order valence-electron chi connectivity index (χ0n) is 19.9. The monoisotopic (exact) mass is 473 g/mol. The highest BCUT2D eigenvalue weighted by Crippen LogP contribution is 2.18. The zero-order chi connectivity index (χ0) is 24.4. The fraction of sp³-hybridized carbons (Fsp3) is 0.440. The minimum atomic E-state index is -3.49. The highest BCUT2D eigenvalue weighted by atomic mass is 32.2. The normalized spacial score (nSPS) is 13.1. The number of hydrogen-bond acceptors (Lipinski definition) is 4. The molecule has 8 heteroatoms. The average molecular weight is 474 g/mol. The number of amides is 2. The van der Waals surface area contributed by atoms with Gasteiger partial charge in [0.15, 0.2) is 0 Å². The molecular formula is C25H35N3O4S. The van der Waals surface area contributed by atoms with Gasteiger partial charge in [0.1, 0.15) is 6.04 Å². The average Bonchev–Trinajstić information content (AvgIpc) is 2.80. The lowest BCUT2D eigenvalue weighted by molar-refractivity contribution is -0.140. The van der Waals surface area contributed by atoms with Crippen molar-refractivity contribution in [1.29, 1.82) is 0 Å². The number of para-hydroxylation sites is 1. The highest BCUT2D eigenvalue weighted by molar-refractivity contribution is 7.92. The lowest BCUT2D eigenvalue weighted by Gasteiger charge is -2.30. The predicted molar refractivity (Wildman–Crippen MR) is 132 cm³/mol. The largest absolute Gasteiger partial charge is 0.352 e. The van der Waals surface area contributed by atoms with E-state index in [0.29, 0.717) is 18.7 Å². The van der Waals surface area contributed by atoms with E-state index in [2.05, 4.69) is 5.32 Å². The fourth-order valence-corrected chi connectivity index (χ4v) is 4.39. The van der Waals surface area contributed by atoms with E-state index in [4.69, 9.17) is 0 Å². The highest BCUT2D eigenvalue weighted by Gasteiger charge is 2.27. The molecule has 0 aliphatic rings. The molecule has 2 amide bonds. The van der Waals surface area contributed by atoms with Crippen molar-refractivity contribution in [3.8, 4) is 0 Å². The van der Waals surface area contributed by atoms with Crippen molar-refractivity contribution in [3.63, 3.8) is 0 Å². The van der Waals surface area contributed by atoms with E-state index < -0.39 is 16.1 Å². The number of carbonyl (C=O) groups is 2. The molecule has 7 nitrogen and oxygen atoms in total. The summed E-state index contributed by atoms with van der Waals surface area (Å²) in [5.41, 5.74) is 1.49. The van der Waals surface area contributed by atoms with Crippen molar-refractivity contribution >= 4 is 27.5 Å². The number of sulfonamides is 1. The molecule has 1 N–H and O–H groups in total. The minimum absolute atomic E-state index is 0.0165. The van der Waals surface area contributed by atoms with Crippen LogP contribution in [0.15, 0.2) is 60.7 Å². The third-order valence-electron chi connectivity index (χ3n) is 5.56. The van der Waals surface area contributed by atoms with Gasteiger partial charge in [-0.3, -0.25) is 13.9 Å². The number of benzene rings is 2. The summed E-state index contributed by atoms with van der Waals surface area (Å²) in [6.45, 7) is 6.13. The molecule has 0 radical (unpaired) electrons. The molecule has 0 bridgehead atoms. The Bertz CT molecular complexity index is 997. The van der Waals surface area contributed by atoms with Gasteiger partial charge in [-0.05, 0) is 44.4 Å². The predicted octanol–water partition coefficient (Wildman–Crippen LogP) is 3.56. The summed E-state index contributed by atoms with van der Waals surface area (Å²) in [5, 5.41) is 2.95. The quantitative estimate of drug-likeness (QED) is 0.511. The van der Waals surface area contributed by atoms with Crippen LogP contribution in [-0.2, 0) is 26.2 Å². The molecule has 2 aromatic rings. The van der Waals surface area contributed by atoms with Crippen LogP contribution in [-0.4, -0.2) is 50.0 Å². The number of nitrogens with one attached hydrogen (secondary N) is 1. The summed E-state index contributed by atoms with van der Waals surface area (Å²) in [4.78, 5) is 27.5. The van der Waals surface area contributed by atoms with Crippen molar-refractivity contribution in [2.75, 3.05) is 17.1 Å². The van der Waals surface area contributed by atoms with Crippen LogP contribution in [0.4, 0.5) is 5.69 Å². The maximum atomic E-state index is 13.2. The van der Waals surface area contributed by atoms with Gasteiger partial charge in [0.2, 0.25) is 21.8 Å². The smallest absolute Gasteiger partial charge is 0.242 e. The molecule has 0 spiro atoms. The molecule has 0 fully saturated rings. The number of anilines is 1. The van der Waals surface area contributed by atoms with Crippen molar-refractivity contribution in [3.05, 3.63) is 66.2 Å². The van der Waals surface area contributed by atoms with E-state index in [1.165, 1.54) is 4.31 Å². The first kappa shape index (κ1) is 26.4. The second kappa shape index (κ2) is 12.4.